The third kappa shape index (κ3) is 1.63. The van der Waals surface area contributed by atoms with Crippen molar-refractivity contribution >= 4 is 5.82 Å². The van der Waals surface area contributed by atoms with E-state index in [9.17, 15) is 0 Å². The predicted molar refractivity (Wildman–Crippen MR) is 56.6 cm³/mol. The van der Waals surface area contributed by atoms with Crippen LogP contribution in [0.4, 0.5) is 5.82 Å². The fourth-order valence-electron chi connectivity index (χ4n) is 1.33. The first kappa shape index (κ1) is 9.16. The van der Waals surface area contributed by atoms with Crippen LogP contribution in [0, 0.1) is 11.3 Å². The van der Waals surface area contributed by atoms with Gasteiger partial charge in [0.15, 0.2) is 0 Å². The van der Waals surface area contributed by atoms with Gasteiger partial charge in [-0.1, -0.05) is 6.07 Å². The lowest BCUT2D eigenvalue weighted by Crippen LogP contribution is -1.97. The van der Waals surface area contributed by atoms with Gasteiger partial charge in [-0.15, -0.1) is 0 Å². The summed E-state index contributed by atoms with van der Waals surface area (Å²) < 4.78 is 0. The van der Waals surface area contributed by atoms with E-state index in [0.717, 1.165) is 5.69 Å². The molecule has 0 radical (unpaired) electrons. The molecule has 4 nitrogen and oxygen atoms in total. The lowest BCUT2D eigenvalue weighted by atomic mass is 10.1. The zero-order chi connectivity index (χ0) is 10.7. The largest absolute Gasteiger partial charge is 0.383 e. The number of nitrogens with two attached hydrogens (primary N) is 1. The molecule has 0 saturated heterocycles. The van der Waals surface area contributed by atoms with Crippen LogP contribution in [0.1, 0.15) is 5.56 Å². The maximum Gasteiger partial charge on any atom is 0.141 e. The normalized spacial score (nSPS) is 9.53. The monoisotopic (exact) mass is 196 g/mol. The van der Waals surface area contributed by atoms with Crippen LogP contribution >= 0.6 is 0 Å². The van der Waals surface area contributed by atoms with E-state index in [0.29, 0.717) is 11.1 Å². The van der Waals surface area contributed by atoms with Crippen molar-refractivity contribution in [2.24, 2.45) is 0 Å². The molecule has 0 aliphatic carbocycles. The van der Waals surface area contributed by atoms with Gasteiger partial charge >= 0.3 is 0 Å². The second kappa shape index (κ2) is 3.76. The lowest BCUT2D eigenvalue weighted by molar-refractivity contribution is 1.27. The van der Waals surface area contributed by atoms with Gasteiger partial charge in [-0.25, -0.2) is 4.98 Å². The summed E-state index contributed by atoms with van der Waals surface area (Å²) in [5.74, 6) is 0.237. The Balaban J connectivity index is 2.65. The average Bonchev–Trinajstić information content (AvgIpc) is 2.30. The van der Waals surface area contributed by atoms with Crippen molar-refractivity contribution in [1.82, 2.24) is 9.97 Å². The van der Waals surface area contributed by atoms with Gasteiger partial charge in [0.2, 0.25) is 0 Å². The van der Waals surface area contributed by atoms with E-state index in [-0.39, 0.29) is 5.82 Å². The molecular formula is C11H8N4. The first-order valence-electron chi connectivity index (χ1n) is 4.39. The van der Waals surface area contributed by atoms with Crippen LogP contribution in [0.2, 0.25) is 0 Å². The summed E-state index contributed by atoms with van der Waals surface area (Å²) >= 11 is 0. The van der Waals surface area contributed by atoms with Gasteiger partial charge in [0.05, 0.1) is 5.69 Å². The Labute approximate surface area is 87.0 Å². The average molecular weight is 196 g/mol. The second-order valence-electron chi connectivity index (χ2n) is 2.95. The SMILES string of the molecule is N#Cc1c(-c2ccccn2)ccnc1N. The van der Waals surface area contributed by atoms with Gasteiger partial charge < -0.3 is 5.73 Å². The lowest BCUT2D eigenvalue weighted by Gasteiger charge is -2.03. The number of rotatable bonds is 1. The van der Waals surface area contributed by atoms with Crippen LogP contribution in [0.5, 0.6) is 0 Å². The molecule has 4 heteroatoms. The minimum atomic E-state index is 0.237. The first-order chi connectivity index (χ1) is 7.33. The number of aromatic nitrogens is 2. The summed E-state index contributed by atoms with van der Waals surface area (Å²) in [5.41, 5.74) is 7.42. The van der Waals surface area contributed by atoms with Crippen LogP contribution < -0.4 is 5.73 Å². The number of nitrogen functional groups attached to an aromatic ring is 1. The summed E-state index contributed by atoms with van der Waals surface area (Å²) in [7, 11) is 0. The van der Waals surface area contributed by atoms with Gasteiger partial charge in [-0.3, -0.25) is 4.98 Å². The van der Waals surface area contributed by atoms with E-state index >= 15 is 0 Å². The van der Waals surface area contributed by atoms with Gasteiger partial charge in [-0.2, -0.15) is 5.26 Å². The Morgan fingerprint density at radius 1 is 1.13 bits per heavy atom. The highest BCUT2D eigenvalue weighted by Crippen LogP contribution is 2.23. The Kier molecular flexibility index (Phi) is 2.30. The summed E-state index contributed by atoms with van der Waals surface area (Å²) in [4.78, 5) is 8.03. The number of nitrogens with zero attached hydrogens (tertiary/aromatic N) is 3. The molecule has 0 saturated carbocycles. The molecule has 72 valence electrons. The molecule has 2 N–H and O–H groups in total. The molecule has 0 unspecified atom stereocenters. The van der Waals surface area contributed by atoms with Crippen LogP contribution in [0.15, 0.2) is 36.7 Å². The molecule has 0 spiro atoms. The molecule has 0 amide bonds. The molecule has 2 rings (SSSR count). The molecule has 0 bridgehead atoms. The van der Waals surface area contributed by atoms with E-state index in [1.807, 2.05) is 24.3 Å². The maximum atomic E-state index is 8.96. The van der Waals surface area contributed by atoms with E-state index < -0.39 is 0 Å². The van der Waals surface area contributed by atoms with Crippen molar-refractivity contribution in [1.29, 1.82) is 5.26 Å². The molecular weight excluding hydrogens is 188 g/mol. The maximum absolute atomic E-state index is 8.96. The number of nitriles is 1. The van der Waals surface area contributed by atoms with Crippen LogP contribution in [-0.4, -0.2) is 9.97 Å². The zero-order valence-corrected chi connectivity index (χ0v) is 7.88. The van der Waals surface area contributed by atoms with Crippen LogP contribution in [0.25, 0.3) is 11.3 Å². The van der Waals surface area contributed by atoms with Crippen molar-refractivity contribution in [2.75, 3.05) is 5.73 Å². The summed E-state index contributed by atoms with van der Waals surface area (Å²) in [6.45, 7) is 0. The van der Waals surface area contributed by atoms with Crippen molar-refractivity contribution in [3.8, 4) is 17.3 Å². The van der Waals surface area contributed by atoms with E-state index in [2.05, 4.69) is 9.97 Å². The molecule has 0 atom stereocenters. The van der Waals surface area contributed by atoms with Crippen molar-refractivity contribution in [3.05, 3.63) is 42.2 Å². The minimum Gasteiger partial charge on any atom is -0.383 e. The molecule has 0 aromatic carbocycles. The molecule has 0 aliphatic rings. The van der Waals surface area contributed by atoms with Gasteiger partial charge in [0.1, 0.15) is 17.5 Å². The van der Waals surface area contributed by atoms with Crippen LogP contribution in [0.3, 0.4) is 0 Å². The quantitative estimate of drug-likeness (QED) is 0.751. The highest BCUT2D eigenvalue weighted by atomic mass is 14.8. The topological polar surface area (TPSA) is 75.6 Å². The highest BCUT2D eigenvalue weighted by Gasteiger charge is 2.08. The van der Waals surface area contributed by atoms with Crippen molar-refractivity contribution in [2.45, 2.75) is 0 Å². The third-order valence-corrected chi connectivity index (χ3v) is 2.03. The summed E-state index contributed by atoms with van der Waals surface area (Å²) in [5, 5.41) is 8.96. The molecule has 2 aromatic heterocycles. The van der Waals surface area contributed by atoms with Gasteiger partial charge in [-0.05, 0) is 18.2 Å². The van der Waals surface area contributed by atoms with E-state index in [4.69, 9.17) is 11.0 Å². The Morgan fingerprint density at radius 3 is 2.67 bits per heavy atom. The van der Waals surface area contributed by atoms with Crippen molar-refractivity contribution < 1.29 is 0 Å². The first-order valence-corrected chi connectivity index (χ1v) is 4.39. The molecule has 0 fully saturated rings. The number of hydrogen-bond acceptors (Lipinski definition) is 4. The highest BCUT2D eigenvalue weighted by molar-refractivity contribution is 5.72. The fourth-order valence-corrected chi connectivity index (χ4v) is 1.33. The van der Waals surface area contributed by atoms with Crippen LogP contribution in [-0.2, 0) is 0 Å². The smallest absolute Gasteiger partial charge is 0.141 e. The standard InChI is InChI=1S/C11H8N4/c12-7-9-8(4-6-15-11(9)13)10-3-1-2-5-14-10/h1-6H,(H2,13,15). The summed E-state index contributed by atoms with van der Waals surface area (Å²) in [6.07, 6.45) is 3.24. The molecule has 2 aromatic rings. The molecule has 0 aliphatic heterocycles. The minimum absolute atomic E-state index is 0.237. The zero-order valence-electron chi connectivity index (χ0n) is 7.88. The van der Waals surface area contributed by atoms with Gasteiger partial charge in [0, 0.05) is 18.0 Å². The number of pyridine rings is 2. The molecule has 15 heavy (non-hydrogen) atoms. The third-order valence-electron chi connectivity index (χ3n) is 2.03. The van der Waals surface area contributed by atoms with Gasteiger partial charge in [0.25, 0.3) is 0 Å². The van der Waals surface area contributed by atoms with E-state index in [1.54, 1.807) is 18.5 Å². The second-order valence-corrected chi connectivity index (χ2v) is 2.95. The Bertz CT molecular complexity index is 514. The summed E-state index contributed by atoms with van der Waals surface area (Å²) in [6, 6.07) is 9.28. The number of anilines is 1. The fraction of sp³-hybridized carbons (Fsp3) is 0. The Hall–Kier alpha value is -2.41. The number of hydrogen-bond donors (Lipinski definition) is 1. The Morgan fingerprint density at radius 2 is 2.00 bits per heavy atom. The van der Waals surface area contributed by atoms with E-state index in [1.165, 1.54) is 0 Å². The molecule has 2 heterocycles. The van der Waals surface area contributed by atoms with Crippen molar-refractivity contribution in [3.63, 3.8) is 0 Å². The predicted octanol–water partition coefficient (Wildman–Crippen LogP) is 1.60.